The number of nitrogens with one attached hydrogen (secondary N) is 2. The van der Waals surface area contributed by atoms with Crippen molar-refractivity contribution in [2.75, 3.05) is 17.2 Å². The maximum Gasteiger partial charge on any atom is 0.358 e. The van der Waals surface area contributed by atoms with Crippen LogP contribution in [0, 0.1) is 0 Å². The molecule has 0 radical (unpaired) electrons. The lowest BCUT2D eigenvalue weighted by Gasteiger charge is -2.13. The molecule has 160 valence electrons. The number of benzene rings is 2. The minimum Gasteiger partial charge on any atom is -0.489 e. The van der Waals surface area contributed by atoms with Gasteiger partial charge in [-0.25, -0.2) is 9.78 Å². The summed E-state index contributed by atoms with van der Waals surface area (Å²) in [6, 6.07) is 16.8. The summed E-state index contributed by atoms with van der Waals surface area (Å²) in [5.41, 5.74) is 1.79. The van der Waals surface area contributed by atoms with Crippen molar-refractivity contribution in [1.82, 2.24) is 4.98 Å². The normalized spacial score (nSPS) is 11.3. The molecule has 0 aliphatic carbocycles. The third kappa shape index (κ3) is 6.68. The van der Waals surface area contributed by atoms with E-state index >= 15 is 0 Å². The Morgan fingerprint density at radius 3 is 2.61 bits per heavy atom. The van der Waals surface area contributed by atoms with Gasteiger partial charge < -0.3 is 20.1 Å². The van der Waals surface area contributed by atoms with Crippen molar-refractivity contribution in [3.63, 3.8) is 0 Å². The lowest BCUT2D eigenvalue weighted by Crippen LogP contribution is -2.30. The predicted octanol–water partition coefficient (Wildman–Crippen LogP) is 4.50. The van der Waals surface area contributed by atoms with Crippen LogP contribution in [0.1, 0.15) is 23.0 Å². The van der Waals surface area contributed by atoms with Gasteiger partial charge in [-0.2, -0.15) is 0 Å². The van der Waals surface area contributed by atoms with Gasteiger partial charge in [-0.05, 0) is 36.8 Å². The quantitative estimate of drug-likeness (QED) is 0.358. The van der Waals surface area contributed by atoms with Crippen LogP contribution in [0.25, 0.3) is 0 Å². The number of rotatable bonds is 10. The lowest BCUT2D eigenvalue weighted by molar-refractivity contribution is -0.123. The van der Waals surface area contributed by atoms with Gasteiger partial charge in [-0.3, -0.25) is 4.79 Å². The van der Waals surface area contributed by atoms with Gasteiger partial charge in [0.1, 0.15) is 12.4 Å². The molecule has 1 heterocycles. The second-order valence-corrected chi connectivity index (χ2v) is 7.40. The van der Waals surface area contributed by atoms with Crippen molar-refractivity contribution >= 4 is 34.0 Å². The Kier molecular flexibility index (Phi) is 7.78. The Labute approximate surface area is 184 Å². The Morgan fingerprint density at radius 1 is 1.16 bits per heavy atom. The average molecular weight is 438 g/mol. The highest BCUT2D eigenvalue weighted by Crippen LogP contribution is 2.19. The summed E-state index contributed by atoms with van der Waals surface area (Å²) in [4.78, 5) is 28.7. The predicted molar refractivity (Wildman–Crippen MR) is 122 cm³/mol. The molecule has 1 amide bonds. The number of carbonyl (C=O) groups is 2. The van der Waals surface area contributed by atoms with Crippen LogP contribution in [-0.4, -0.2) is 29.5 Å². The SMILES string of the molecule is C=CCNc1nc(C(=O)OC(C)C(=O)Nc2ccc(OCc3ccccc3)cc2)cs1. The molecular formula is C23H23N3O4S. The highest BCUT2D eigenvalue weighted by Gasteiger charge is 2.21. The van der Waals surface area contributed by atoms with Crippen LogP contribution in [0.5, 0.6) is 5.75 Å². The molecule has 3 aromatic rings. The smallest absolute Gasteiger partial charge is 0.358 e. The van der Waals surface area contributed by atoms with Crippen LogP contribution in [0.3, 0.4) is 0 Å². The van der Waals surface area contributed by atoms with Gasteiger partial charge in [0.05, 0.1) is 0 Å². The standard InChI is InChI=1S/C23H23N3O4S/c1-3-13-24-23-26-20(15-31-23)22(28)30-16(2)21(27)25-18-9-11-19(12-10-18)29-14-17-7-5-4-6-8-17/h3-12,15-16H,1,13-14H2,2H3,(H,24,26)(H,25,27). The molecule has 0 aliphatic rings. The van der Waals surface area contributed by atoms with Gasteiger partial charge in [0, 0.05) is 17.6 Å². The number of aromatic nitrogens is 1. The Bertz CT molecular complexity index is 1020. The molecule has 1 atom stereocenters. The number of carbonyl (C=O) groups excluding carboxylic acids is 2. The molecule has 0 saturated heterocycles. The topological polar surface area (TPSA) is 89.5 Å². The van der Waals surface area contributed by atoms with E-state index in [0.717, 1.165) is 5.56 Å². The first-order valence-corrected chi connectivity index (χ1v) is 10.5. The van der Waals surface area contributed by atoms with E-state index in [9.17, 15) is 9.59 Å². The molecule has 7 nitrogen and oxygen atoms in total. The zero-order valence-electron chi connectivity index (χ0n) is 17.0. The third-order valence-corrected chi connectivity index (χ3v) is 4.93. The average Bonchev–Trinajstić information content (AvgIpc) is 3.27. The second kappa shape index (κ2) is 10.9. The van der Waals surface area contributed by atoms with Crippen LogP contribution in [-0.2, 0) is 16.1 Å². The number of thiazole rings is 1. The fourth-order valence-corrected chi connectivity index (χ4v) is 3.19. The summed E-state index contributed by atoms with van der Waals surface area (Å²) < 4.78 is 10.9. The number of amides is 1. The fourth-order valence-electron chi connectivity index (χ4n) is 2.50. The summed E-state index contributed by atoms with van der Waals surface area (Å²) in [7, 11) is 0. The van der Waals surface area contributed by atoms with E-state index < -0.39 is 18.0 Å². The van der Waals surface area contributed by atoms with Crippen molar-refractivity contribution in [2.24, 2.45) is 0 Å². The number of nitrogens with zero attached hydrogens (tertiary/aromatic N) is 1. The summed E-state index contributed by atoms with van der Waals surface area (Å²) in [5, 5.41) is 7.87. The van der Waals surface area contributed by atoms with Gasteiger partial charge in [-0.15, -0.1) is 17.9 Å². The first kappa shape index (κ1) is 22.0. The van der Waals surface area contributed by atoms with Crippen molar-refractivity contribution < 1.29 is 19.1 Å². The second-order valence-electron chi connectivity index (χ2n) is 6.54. The molecule has 8 heteroatoms. The molecule has 0 fully saturated rings. The van der Waals surface area contributed by atoms with Crippen molar-refractivity contribution in [3.05, 3.63) is 83.9 Å². The van der Waals surface area contributed by atoms with Gasteiger partial charge in [0.25, 0.3) is 5.91 Å². The summed E-state index contributed by atoms with van der Waals surface area (Å²) >= 11 is 1.28. The highest BCUT2D eigenvalue weighted by molar-refractivity contribution is 7.13. The van der Waals surface area contributed by atoms with Gasteiger partial charge in [-0.1, -0.05) is 36.4 Å². The zero-order valence-corrected chi connectivity index (χ0v) is 17.9. The van der Waals surface area contributed by atoms with Gasteiger partial charge in [0.15, 0.2) is 16.9 Å². The molecule has 0 spiro atoms. The number of ether oxygens (including phenoxy) is 2. The van der Waals surface area contributed by atoms with Crippen LogP contribution < -0.4 is 15.4 Å². The Morgan fingerprint density at radius 2 is 1.90 bits per heavy atom. The van der Waals surface area contributed by atoms with E-state index in [2.05, 4.69) is 22.2 Å². The number of hydrogen-bond donors (Lipinski definition) is 2. The van der Waals surface area contributed by atoms with E-state index in [1.807, 2.05) is 30.3 Å². The molecule has 1 aromatic heterocycles. The number of anilines is 2. The van der Waals surface area contributed by atoms with E-state index in [1.165, 1.54) is 18.3 Å². The third-order valence-electron chi connectivity index (χ3n) is 4.13. The maximum absolute atomic E-state index is 12.4. The van der Waals surface area contributed by atoms with Crippen molar-refractivity contribution in [1.29, 1.82) is 0 Å². The molecule has 2 N–H and O–H groups in total. The first-order valence-electron chi connectivity index (χ1n) is 9.64. The van der Waals surface area contributed by atoms with Crippen molar-refractivity contribution in [3.8, 4) is 5.75 Å². The Hall–Kier alpha value is -3.65. The van der Waals surface area contributed by atoms with Crippen LogP contribution in [0.4, 0.5) is 10.8 Å². The lowest BCUT2D eigenvalue weighted by atomic mass is 10.2. The molecule has 2 aromatic carbocycles. The van der Waals surface area contributed by atoms with Gasteiger partial charge in [0.2, 0.25) is 0 Å². The molecule has 0 saturated carbocycles. The molecule has 31 heavy (non-hydrogen) atoms. The minimum absolute atomic E-state index is 0.149. The summed E-state index contributed by atoms with van der Waals surface area (Å²) in [6.07, 6.45) is 0.709. The zero-order chi connectivity index (χ0) is 22.1. The van der Waals surface area contributed by atoms with E-state index in [4.69, 9.17) is 9.47 Å². The fraction of sp³-hybridized carbons (Fsp3) is 0.174. The molecule has 0 bridgehead atoms. The molecule has 0 aliphatic heterocycles. The summed E-state index contributed by atoms with van der Waals surface area (Å²) in [6.45, 7) is 6.11. The van der Waals surface area contributed by atoms with Crippen LogP contribution >= 0.6 is 11.3 Å². The molecule has 1 unspecified atom stereocenters. The Balaban J connectivity index is 1.48. The summed E-state index contributed by atoms with van der Waals surface area (Å²) in [5.74, 6) is -0.410. The minimum atomic E-state index is -0.979. The largest absolute Gasteiger partial charge is 0.489 e. The van der Waals surface area contributed by atoms with Crippen LogP contribution in [0.15, 0.2) is 72.6 Å². The first-order chi connectivity index (χ1) is 15.0. The van der Waals surface area contributed by atoms with E-state index in [1.54, 1.807) is 35.7 Å². The molecular weight excluding hydrogens is 414 g/mol. The number of hydrogen-bond acceptors (Lipinski definition) is 7. The monoisotopic (exact) mass is 437 g/mol. The molecule has 3 rings (SSSR count). The maximum atomic E-state index is 12.4. The van der Waals surface area contributed by atoms with Gasteiger partial charge >= 0.3 is 5.97 Å². The highest BCUT2D eigenvalue weighted by atomic mass is 32.1. The van der Waals surface area contributed by atoms with Crippen molar-refractivity contribution in [2.45, 2.75) is 19.6 Å². The number of esters is 1. The van der Waals surface area contributed by atoms with E-state index in [0.29, 0.717) is 29.7 Å². The van der Waals surface area contributed by atoms with E-state index in [-0.39, 0.29) is 5.69 Å². The van der Waals surface area contributed by atoms with Crippen LogP contribution in [0.2, 0.25) is 0 Å².